The minimum absolute atomic E-state index is 0.0825. The van der Waals surface area contributed by atoms with Gasteiger partial charge in [0.1, 0.15) is 23.3 Å². The molecule has 0 aromatic heterocycles. The summed E-state index contributed by atoms with van der Waals surface area (Å²) in [7, 11) is -6.08. The van der Waals surface area contributed by atoms with Gasteiger partial charge in [-0.05, 0) is 54.1 Å². The van der Waals surface area contributed by atoms with Crippen molar-refractivity contribution in [2.24, 2.45) is 0 Å². The molecule has 5 rings (SSSR count). The zero-order valence-electron chi connectivity index (χ0n) is 17.3. The lowest BCUT2D eigenvalue weighted by Crippen LogP contribution is -2.10. The van der Waals surface area contributed by atoms with Gasteiger partial charge in [0.25, 0.3) is 0 Å². The maximum Gasteiger partial charge on any atom is 0.673 e. The lowest BCUT2D eigenvalue weighted by Gasteiger charge is -2.18. The Balaban J connectivity index is 0.000000471. The average Bonchev–Trinajstić information content (AvgIpc) is 2.81. The Hall–Kier alpha value is -2.84. The van der Waals surface area contributed by atoms with Crippen molar-refractivity contribution < 1.29 is 22.0 Å². The predicted octanol–water partition coefficient (Wildman–Crippen LogP) is 8.13. The lowest BCUT2D eigenvalue weighted by molar-refractivity contribution is 0.306. The summed E-state index contributed by atoms with van der Waals surface area (Å²) in [4.78, 5) is 6.85. The van der Waals surface area contributed by atoms with Crippen LogP contribution in [0.2, 0.25) is 0 Å². The van der Waals surface area contributed by atoms with Gasteiger partial charge in [-0.15, -0.1) is 0 Å². The van der Waals surface area contributed by atoms with Gasteiger partial charge in [-0.2, -0.15) is 0 Å². The monoisotopic (exact) mass is 486 g/mol. The Morgan fingerprint density at radius 1 is 0.636 bits per heavy atom. The third-order valence-corrected chi connectivity index (χ3v) is 8.41. The van der Waals surface area contributed by atoms with E-state index in [1.807, 2.05) is 30.0 Å². The summed E-state index contributed by atoms with van der Waals surface area (Å²) < 4.78 is 45.0. The van der Waals surface area contributed by atoms with Crippen molar-refractivity contribution in [3.8, 4) is 5.75 Å². The highest BCUT2D eigenvalue weighted by Crippen LogP contribution is 2.48. The zero-order chi connectivity index (χ0) is 23.3. The van der Waals surface area contributed by atoms with Gasteiger partial charge in [-0.1, -0.05) is 66.4 Å². The Kier molecular flexibility index (Phi) is 7.35. The van der Waals surface area contributed by atoms with Crippen LogP contribution >= 0.6 is 11.8 Å². The van der Waals surface area contributed by atoms with E-state index in [9.17, 15) is 17.3 Å². The molecule has 0 saturated heterocycles. The van der Waals surface area contributed by atoms with Gasteiger partial charge < -0.3 is 22.0 Å². The number of rotatable bonds is 4. The van der Waals surface area contributed by atoms with Crippen LogP contribution in [0, 0.1) is 0 Å². The van der Waals surface area contributed by atoms with Crippen LogP contribution in [-0.4, -0.2) is 7.25 Å². The van der Waals surface area contributed by atoms with Crippen LogP contribution in [0.4, 0.5) is 17.3 Å². The van der Waals surface area contributed by atoms with Crippen molar-refractivity contribution in [1.29, 1.82) is 0 Å². The van der Waals surface area contributed by atoms with Crippen molar-refractivity contribution in [2.45, 2.75) is 31.1 Å². The molecule has 0 atom stereocenters. The van der Waals surface area contributed by atoms with Crippen molar-refractivity contribution in [3.63, 3.8) is 0 Å². The van der Waals surface area contributed by atoms with Crippen molar-refractivity contribution in [2.75, 3.05) is 0 Å². The normalized spacial score (nSPS) is 12.7. The molecule has 0 spiro atoms. The molecule has 168 valence electrons. The molecule has 1 nitrogen and oxygen atoms in total. The standard InChI is InChI=1S/C25H19OS2.BF4/c1-2-8-19(9-3-1)18-26-20-14-16-21(17-15-20)28-24-12-6-4-10-22(24)27-23-11-5-7-13-25(23)28;2-1(3,4)5/h1-17H,18H2;/q+1;-1. The quantitative estimate of drug-likeness (QED) is 0.144. The van der Waals surface area contributed by atoms with Crippen molar-refractivity contribution in [1.82, 2.24) is 0 Å². The molecular weight excluding hydrogens is 467 g/mol. The van der Waals surface area contributed by atoms with Gasteiger partial charge in [0.15, 0.2) is 14.7 Å². The van der Waals surface area contributed by atoms with E-state index in [1.165, 1.54) is 30.0 Å². The predicted molar refractivity (Wildman–Crippen MR) is 127 cm³/mol. The van der Waals surface area contributed by atoms with E-state index in [-0.39, 0.29) is 10.9 Å². The molecule has 1 aliphatic rings. The first kappa shape index (κ1) is 23.3. The number of fused-ring (bicyclic) bond motifs is 2. The van der Waals surface area contributed by atoms with Crippen LogP contribution in [0.1, 0.15) is 5.56 Å². The first-order valence-corrected chi connectivity index (χ1v) is 12.2. The molecule has 4 aromatic carbocycles. The van der Waals surface area contributed by atoms with E-state index in [4.69, 9.17) is 4.74 Å². The number of ether oxygens (including phenoxy) is 1. The van der Waals surface area contributed by atoms with Gasteiger partial charge in [0, 0.05) is 0 Å². The second-order valence-electron chi connectivity index (χ2n) is 7.04. The molecular formula is C25H19BF4OS2. The average molecular weight is 486 g/mol. The van der Waals surface area contributed by atoms with E-state index < -0.39 is 7.25 Å². The summed E-state index contributed by atoms with van der Waals surface area (Å²) in [6.45, 7) is 0.591. The number of hydrogen-bond acceptors (Lipinski definition) is 2. The van der Waals surface area contributed by atoms with Gasteiger partial charge in [-0.25, -0.2) is 0 Å². The molecule has 0 aliphatic carbocycles. The summed E-state index contributed by atoms with van der Waals surface area (Å²) >= 11 is 1.87. The molecule has 0 amide bonds. The fourth-order valence-electron chi connectivity index (χ4n) is 3.31. The first-order valence-electron chi connectivity index (χ1n) is 10.1. The second kappa shape index (κ2) is 10.4. The molecule has 0 bridgehead atoms. The topological polar surface area (TPSA) is 9.23 Å². The summed E-state index contributed by atoms with van der Waals surface area (Å²) in [6, 6.07) is 36.4. The highest BCUT2D eigenvalue weighted by molar-refractivity contribution is 8.04. The molecule has 0 unspecified atom stereocenters. The first-order chi connectivity index (χ1) is 15.9. The summed E-state index contributed by atoms with van der Waals surface area (Å²) in [5.41, 5.74) is 1.18. The Morgan fingerprint density at radius 3 is 1.67 bits per heavy atom. The number of benzene rings is 4. The Bertz CT molecular complexity index is 1150. The molecule has 1 aliphatic heterocycles. The highest BCUT2D eigenvalue weighted by atomic mass is 32.2. The van der Waals surface area contributed by atoms with Crippen LogP contribution in [0.3, 0.4) is 0 Å². The summed E-state index contributed by atoms with van der Waals surface area (Å²) in [5.74, 6) is 0.907. The van der Waals surface area contributed by atoms with Crippen LogP contribution in [0.15, 0.2) is 128 Å². The fraction of sp³-hybridized carbons (Fsp3) is 0.0400. The number of hydrogen-bond donors (Lipinski definition) is 0. The second-order valence-corrected chi connectivity index (χ2v) is 10.1. The van der Waals surface area contributed by atoms with E-state index in [0.29, 0.717) is 6.61 Å². The van der Waals surface area contributed by atoms with Gasteiger partial charge in [0.05, 0.1) is 9.79 Å². The summed E-state index contributed by atoms with van der Waals surface area (Å²) in [6.07, 6.45) is 0. The highest BCUT2D eigenvalue weighted by Gasteiger charge is 2.37. The van der Waals surface area contributed by atoms with Crippen LogP contribution < -0.4 is 4.74 Å². The maximum atomic E-state index is 9.75. The smallest absolute Gasteiger partial charge is 0.489 e. The Morgan fingerprint density at radius 2 is 1.12 bits per heavy atom. The van der Waals surface area contributed by atoms with E-state index in [1.54, 1.807) is 0 Å². The minimum atomic E-state index is -6.00. The van der Waals surface area contributed by atoms with Crippen LogP contribution in [0.5, 0.6) is 5.75 Å². The summed E-state index contributed by atoms with van der Waals surface area (Å²) in [5, 5.41) is 0. The molecule has 1 heterocycles. The zero-order valence-corrected chi connectivity index (χ0v) is 19.0. The molecule has 0 radical (unpaired) electrons. The maximum absolute atomic E-state index is 9.75. The van der Waals surface area contributed by atoms with Gasteiger partial charge in [-0.3, -0.25) is 0 Å². The van der Waals surface area contributed by atoms with E-state index in [0.717, 1.165) is 5.75 Å². The molecule has 33 heavy (non-hydrogen) atoms. The van der Waals surface area contributed by atoms with E-state index >= 15 is 0 Å². The van der Waals surface area contributed by atoms with Gasteiger partial charge in [0.2, 0.25) is 0 Å². The minimum Gasteiger partial charge on any atom is -0.489 e. The van der Waals surface area contributed by atoms with E-state index in [2.05, 4.69) is 84.9 Å². The SMILES string of the molecule is F[B-](F)(F)F.c1ccc(COc2ccc([S+]3c4ccccc4Sc4ccccc43)cc2)cc1. The van der Waals surface area contributed by atoms with Crippen molar-refractivity contribution >= 4 is 29.9 Å². The Labute approximate surface area is 197 Å². The third-order valence-electron chi connectivity index (χ3n) is 4.67. The molecule has 0 N–H and O–H groups in total. The molecule has 4 aromatic rings. The third kappa shape index (κ3) is 6.36. The molecule has 0 saturated carbocycles. The number of halogens is 4. The van der Waals surface area contributed by atoms with Crippen LogP contribution in [0.25, 0.3) is 0 Å². The van der Waals surface area contributed by atoms with Crippen LogP contribution in [-0.2, 0) is 17.5 Å². The van der Waals surface area contributed by atoms with Crippen molar-refractivity contribution in [3.05, 3.63) is 109 Å². The molecule has 0 fully saturated rings. The van der Waals surface area contributed by atoms with Gasteiger partial charge >= 0.3 is 7.25 Å². The largest absolute Gasteiger partial charge is 0.673 e. The molecule has 8 heteroatoms. The lowest BCUT2D eigenvalue weighted by atomic mass is 10.2. The fourth-order valence-corrected chi connectivity index (χ4v) is 7.05.